The lowest BCUT2D eigenvalue weighted by molar-refractivity contribution is -0.120. The molecule has 0 radical (unpaired) electrons. The van der Waals surface area contributed by atoms with Crippen molar-refractivity contribution >= 4 is 5.91 Å². The molecular weight excluding hydrogens is 230 g/mol. The Balaban J connectivity index is 1.73. The van der Waals surface area contributed by atoms with Crippen molar-refractivity contribution in [1.29, 1.82) is 0 Å². The first kappa shape index (κ1) is 12.0. The molecule has 1 heterocycles. The van der Waals surface area contributed by atoms with Crippen LogP contribution in [0.4, 0.5) is 8.78 Å². The Morgan fingerprint density at radius 2 is 2.35 bits per heavy atom. The van der Waals surface area contributed by atoms with Gasteiger partial charge in [-0.15, -0.1) is 0 Å². The van der Waals surface area contributed by atoms with E-state index in [9.17, 15) is 13.6 Å². The molecule has 0 aromatic carbocycles. The molecule has 17 heavy (non-hydrogen) atoms. The van der Waals surface area contributed by atoms with Crippen LogP contribution in [-0.4, -0.2) is 28.0 Å². The number of alkyl halides is 2. The van der Waals surface area contributed by atoms with Crippen molar-refractivity contribution in [3.63, 3.8) is 0 Å². The summed E-state index contributed by atoms with van der Waals surface area (Å²) in [5, 5.41) is 5.58. The fourth-order valence-electron chi connectivity index (χ4n) is 1.45. The highest BCUT2D eigenvalue weighted by molar-refractivity contribution is 5.78. The van der Waals surface area contributed by atoms with Gasteiger partial charge in [-0.25, -0.2) is 4.98 Å². The molecule has 5 nitrogen and oxygen atoms in total. The predicted molar refractivity (Wildman–Crippen MR) is 56.4 cm³/mol. The molecule has 2 N–H and O–H groups in total. The minimum atomic E-state index is -2.60. The minimum absolute atomic E-state index is 0.109. The highest BCUT2D eigenvalue weighted by Gasteiger charge is 2.22. The van der Waals surface area contributed by atoms with Crippen LogP contribution in [0, 0.1) is 0 Å². The number of amides is 1. The van der Waals surface area contributed by atoms with Gasteiger partial charge in [0.25, 0.3) is 0 Å². The number of aromatic nitrogens is 2. The Morgan fingerprint density at radius 1 is 1.59 bits per heavy atom. The number of carbonyl (C=O) groups is 1. The molecule has 0 aliphatic heterocycles. The smallest absolute Gasteiger partial charge is 0.319 e. The number of hydrogen-bond acceptors (Lipinski definition) is 3. The topological polar surface area (TPSA) is 59.0 Å². The average molecular weight is 244 g/mol. The van der Waals surface area contributed by atoms with Gasteiger partial charge in [0.05, 0.1) is 13.1 Å². The van der Waals surface area contributed by atoms with Crippen LogP contribution in [0.1, 0.15) is 25.2 Å². The SMILES string of the molecule is O=C(CNCc1nccn1C(F)F)NC1CC1. The molecule has 0 bridgehead atoms. The number of nitrogens with one attached hydrogen (secondary N) is 2. The summed E-state index contributed by atoms with van der Waals surface area (Å²) >= 11 is 0. The van der Waals surface area contributed by atoms with E-state index in [2.05, 4.69) is 15.6 Å². The Hall–Kier alpha value is -1.50. The van der Waals surface area contributed by atoms with Gasteiger partial charge in [0.15, 0.2) is 0 Å². The number of carbonyl (C=O) groups excluding carboxylic acids is 1. The van der Waals surface area contributed by atoms with Crippen LogP contribution in [0.15, 0.2) is 12.4 Å². The Kier molecular flexibility index (Phi) is 3.68. The molecule has 94 valence electrons. The molecule has 1 aliphatic rings. The zero-order valence-electron chi connectivity index (χ0n) is 9.20. The van der Waals surface area contributed by atoms with Crippen molar-refractivity contribution in [2.45, 2.75) is 32.0 Å². The number of nitrogens with zero attached hydrogens (tertiary/aromatic N) is 2. The van der Waals surface area contributed by atoms with E-state index in [-0.39, 0.29) is 24.8 Å². The van der Waals surface area contributed by atoms with Crippen LogP contribution in [0.25, 0.3) is 0 Å². The highest BCUT2D eigenvalue weighted by atomic mass is 19.3. The maximum Gasteiger partial charge on any atom is 0.319 e. The van der Waals surface area contributed by atoms with Crippen LogP contribution in [0.3, 0.4) is 0 Å². The summed E-state index contributed by atoms with van der Waals surface area (Å²) in [6.07, 6.45) is 4.59. The van der Waals surface area contributed by atoms with Crippen molar-refractivity contribution in [2.24, 2.45) is 0 Å². The summed E-state index contributed by atoms with van der Waals surface area (Å²) in [5.74, 6) is 0.113. The second-order valence-electron chi connectivity index (χ2n) is 3.97. The van der Waals surface area contributed by atoms with Gasteiger partial charge in [0.2, 0.25) is 5.91 Å². The van der Waals surface area contributed by atoms with Crippen LogP contribution in [-0.2, 0) is 11.3 Å². The van der Waals surface area contributed by atoms with E-state index >= 15 is 0 Å². The molecule has 2 rings (SSSR count). The standard InChI is InChI=1S/C10H14F2N4O/c11-10(12)16-4-3-14-8(16)5-13-6-9(17)15-7-1-2-7/h3-4,7,10,13H,1-2,5-6H2,(H,15,17). The Bertz CT molecular complexity index is 389. The van der Waals surface area contributed by atoms with Gasteiger partial charge >= 0.3 is 6.55 Å². The molecule has 0 atom stereocenters. The third-order valence-corrected chi connectivity index (χ3v) is 2.47. The summed E-state index contributed by atoms with van der Waals surface area (Å²) in [4.78, 5) is 15.1. The van der Waals surface area contributed by atoms with E-state index in [1.807, 2.05) is 0 Å². The Labute approximate surface area is 97.2 Å². The van der Waals surface area contributed by atoms with E-state index in [1.165, 1.54) is 12.4 Å². The molecular formula is C10H14F2N4O. The van der Waals surface area contributed by atoms with E-state index in [0.29, 0.717) is 6.04 Å². The van der Waals surface area contributed by atoms with E-state index in [4.69, 9.17) is 0 Å². The number of imidazole rings is 1. The van der Waals surface area contributed by atoms with E-state index < -0.39 is 6.55 Å². The first-order valence-corrected chi connectivity index (χ1v) is 5.47. The quantitative estimate of drug-likeness (QED) is 0.772. The summed E-state index contributed by atoms with van der Waals surface area (Å²) in [7, 11) is 0. The van der Waals surface area contributed by atoms with Crippen molar-refractivity contribution in [3.05, 3.63) is 18.2 Å². The fourth-order valence-corrected chi connectivity index (χ4v) is 1.45. The van der Waals surface area contributed by atoms with Gasteiger partial charge in [0, 0.05) is 18.4 Å². The lowest BCUT2D eigenvalue weighted by Gasteiger charge is -2.07. The van der Waals surface area contributed by atoms with Crippen molar-refractivity contribution < 1.29 is 13.6 Å². The maximum absolute atomic E-state index is 12.4. The third kappa shape index (κ3) is 3.48. The van der Waals surface area contributed by atoms with Crippen molar-refractivity contribution in [1.82, 2.24) is 20.2 Å². The van der Waals surface area contributed by atoms with Crippen LogP contribution >= 0.6 is 0 Å². The fraction of sp³-hybridized carbons (Fsp3) is 0.600. The molecule has 1 fully saturated rings. The summed E-state index contributed by atoms with van der Waals surface area (Å²) < 4.78 is 25.7. The average Bonchev–Trinajstić information content (AvgIpc) is 2.94. The van der Waals surface area contributed by atoms with Gasteiger partial charge < -0.3 is 10.6 Å². The molecule has 1 amide bonds. The molecule has 0 unspecified atom stereocenters. The van der Waals surface area contributed by atoms with Gasteiger partial charge in [0.1, 0.15) is 5.82 Å². The monoisotopic (exact) mass is 244 g/mol. The zero-order valence-corrected chi connectivity index (χ0v) is 9.20. The molecule has 0 saturated heterocycles. The normalized spacial score (nSPS) is 15.2. The predicted octanol–water partition coefficient (Wildman–Crippen LogP) is 0.646. The van der Waals surface area contributed by atoms with Crippen molar-refractivity contribution in [2.75, 3.05) is 6.54 Å². The molecule has 0 spiro atoms. The van der Waals surface area contributed by atoms with Gasteiger partial charge in [-0.2, -0.15) is 8.78 Å². The van der Waals surface area contributed by atoms with Crippen LogP contribution in [0.2, 0.25) is 0 Å². The maximum atomic E-state index is 12.4. The van der Waals surface area contributed by atoms with Crippen LogP contribution < -0.4 is 10.6 Å². The lowest BCUT2D eigenvalue weighted by atomic mass is 10.5. The summed E-state index contributed by atoms with van der Waals surface area (Å²) in [5.41, 5.74) is 0. The highest BCUT2D eigenvalue weighted by Crippen LogP contribution is 2.18. The molecule has 1 saturated carbocycles. The summed E-state index contributed by atoms with van der Waals surface area (Å²) in [6, 6.07) is 0.312. The first-order valence-electron chi connectivity index (χ1n) is 5.47. The zero-order chi connectivity index (χ0) is 12.3. The van der Waals surface area contributed by atoms with E-state index in [0.717, 1.165) is 17.4 Å². The van der Waals surface area contributed by atoms with Gasteiger partial charge in [-0.05, 0) is 12.8 Å². The second kappa shape index (κ2) is 5.22. The number of hydrogen-bond donors (Lipinski definition) is 2. The first-order chi connectivity index (χ1) is 8.16. The van der Waals surface area contributed by atoms with Crippen molar-refractivity contribution in [3.8, 4) is 0 Å². The molecule has 1 aromatic heterocycles. The second-order valence-corrected chi connectivity index (χ2v) is 3.97. The minimum Gasteiger partial charge on any atom is -0.352 e. The van der Waals surface area contributed by atoms with Crippen LogP contribution in [0.5, 0.6) is 0 Å². The van der Waals surface area contributed by atoms with E-state index in [1.54, 1.807) is 0 Å². The number of rotatable bonds is 6. The summed E-state index contributed by atoms with van der Waals surface area (Å²) in [6.45, 7) is -2.34. The molecule has 1 aliphatic carbocycles. The number of halogens is 2. The lowest BCUT2D eigenvalue weighted by Crippen LogP contribution is -2.35. The Morgan fingerprint density at radius 3 is 3.00 bits per heavy atom. The largest absolute Gasteiger partial charge is 0.352 e. The third-order valence-electron chi connectivity index (χ3n) is 2.47. The van der Waals surface area contributed by atoms with Gasteiger partial charge in [-0.3, -0.25) is 9.36 Å². The van der Waals surface area contributed by atoms with Gasteiger partial charge in [-0.1, -0.05) is 0 Å². The molecule has 7 heteroatoms. The molecule has 1 aromatic rings.